The number of benzene rings is 2. The maximum atomic E-state index is 12.4. The van der Waals surface area contributed by atoms with Crippen molar-refractivity contribution in [1.29, 1.82) is 0 Å². The fourth-order valence-electron chi connectivity index (χ4n) is 1.62. The molecule has 0 aliphatic carbocycles. The molecule has 20 heavy (non-hydrogen) atoms. The monoisotopic (exact) mass is 289 g/mol. The van der Waals surface area contributed by atoms with E-state index in [9.17, 15) is 8.78 Å². The van der Waals surface area contributed by atoms with Crippen molar-refractivity contribution in [3.05, 3.63) is 60.2 Å². The highest BCUT2D eigenvalue weighted by Crippen LogP contribution is 2.31. The molecule has 0 saturated heterocycles. The molecular weight excluding hydrogens is 276 g/mol. The molecule has 0 aliphatic rings. The fraction of sp³-hybridized carbons (Fsp3) is 0.125. The van der Waals surface area contributed by atoms with Crippen molar-refractivity contribution in [2.45, 2.75) is 10.7 Å². The standard InChI is InChI=1S/C16H13F2NS/c17-16(18)20-15-11-5-4-10-14(15)19-12-6-9-13-7-2-1-3-8-13/h1-5,7-8,10-11,16,19H,12H2. The molecule has 4 heteroatoms. The first kappa shape index (κ1) is 14.4. The summed E-state index contributed by atoms with van der Waals surface area (Å²) in [5.41, 5.74) is 1.62. The van der Waals surface area contributed by atoms with E-state index in [1.54, 1.807) is 18.2 Å². The van der Waals surface area contributed by atoms with Crippen LogP contribution in [0, 0.1) is 11.8 Å². The van der Waals surface area contributed by atoms with Crippen LogP contribution in [0.1, 0.15) is 5.56 Å². The predicted molar refractivity (Wildman–Crippen MR) is 80.1 cm³/mol. The van der Waals surface area contributed by atoms with Crippen LogP contribution in [0.4, 0.5) is 14.5 Å². The summed E-state index contributed by atoms with van der Waals surface area (Å²) in [6.45, 7) is 0.412. The van der Waals surface area contributed by atoms with Crippen LogP contribution in [-0.2, 0) is 0 Å². The summed E-state index contributed by atoms with van der Waals surface area (Å²) in [6.07, 6.45) is 0. The smallest absolute Gasteiger partial charge is 0.288 e. The molecule has 0 spiro atoms. The predicted octanol–water partition coefficient (Wildman–Crippen LogP) is 4.46. The van der Waals surface area contributed by atoms with Gasteiger partial charge in [0.2, 0.25) is 0 Å². The zero-order chi connectivity index (χ0) is 14.2. The Morgan fingerprint density at radius 1 is 1.00 bits per heavy atom. The Hall–Kier alpha value is -1.99. The topological polar surface area (TPSA) is 12.0 Å². The summed E-state index contributed by atoms with van der Waals surface area (Å²) < 4.78 is 24.8. The Kier molecular flexibility index (Phi) is 5.45. The molecule has 2 rings (SSSR count). The van der Waals surface area contributed by atoms with Crippen molar-refractivity contribution in [2.75, 3.05) is 11.9 Å². The molecule has 0 heterocycles. The molecule has 0 amide bonds. The summed E-state index contributed by atoms with van der Waals surface area (Å²) >= 11 is 0.535. The van der Waals surface area contributed by atoms with Crippen LogP contribution in [-0.4, -0.2) is 12.3 Å². The zero-order valence-electron chi connectivity index (χ0n) is 10.6. The number of rotatable bonds is 4. The number of nitrogens with one attached hydrogen (secondary N) is 1. The Balaban J connectivity index is 1.96. The maximum absolute atomic E-state index is 12.4. The molecule has 2 aromatic carbocycles. The van der Waals surface area contributed by atoms with Crippen molar-refractivity contribution < 1.29 is 8.78 Å². The van der Waals surface area contributed by atoms with Crippen LogP contribution in [0.25, 0.3) is 0 Å². The van der Waals surface area contributed by atoms with Crippen molar-refractivity contribution in [1.82, 2.24) is 0 Å². The molecule has 0 aliphatic heterocycles. The Morgan fingerprint density at radius 3 is 2.45 bits per heavy atom. The van der Waals surface area contributed by atoms with Gasteiger partial charge in [0.05, 0.1) is 6.54 Å². The number of para-hydroxylation sites is 1. The van der Waals surface area contributed by atoms with Gasteiger partial charge < -0.3 is 5.32 Å². The molecule has 0 radical (unpaired) electrons. The van der Waals surface area contributed by atoms with Crippen LogP contribution in [0.5, 0.6) is 0 Å². The molecule has 2 aromatic rings. The van der Waals surface area contributed by atoms with Crippen molar-refractivity contribution >= 4 is 17.4 Å². The van der Waals surface area contributed by atoms with E-state index < -0.39 is 5.76 Å². The number of hydrogen-bond acceptors (Lipinski definition) is 2. The minimum Gasteiger partial charge on any atom is -0.373 e. The van der Waals surface area contributed by atoms with Gasteiger partial charge in [0, 0.05) is 16.1 Å². The van der Waals surface area contributed by atoms with Crippen LogP contribution in [0.2, 0.25) is 0 Å². The van der Waals surface area contributed by atoms with E-state index in [0.717, 1.165) is 5.56 Å². The van der Waals surface area contributed by atoms with Gasteiger partial charge in [-0.15, -0.1) is 0 Å². The molecule has 0 unspecified atom stereocenters. The molecular formula is C16H13F2NS. The second kappa shape index (κ2) is 7.56. The summed E-state index contributed by atoms with van der Waals surface area (Å²) in [7, 11) is 0. The highest BCUT2D eigenvalue weighted by atomic mass is 32.2. The normalized spacial score (nSPS) is 9.95. The summed E-state index contributed by atoms with van der Waals surface area (Å²) in [6, 6.07) is 16.6. The zero-order valence-corrected chi connectivity index (χ0v) is 11.5. The largest absolute Gasteiger partial charge is 0.373 e. The fourth-order valence-corrected chi connectivity index (χ4v) is 2.23. The molecule has 0 aromatic heterocycles. The van der Waals surface area contributed by atoms with Gasteiger partial charge in [-0.25, -0.2) is 0 Å². The first-order valence-corrected chi connectivity index (χ1v) is 6.95. The number of hydrogen-bond donors (Lipinski definition) is 1. The van der Waals surface area contributed by atoms with E-state index in [1.165, 1.54) is 0 Å². The van der Waals surface area contributed by atoms with E-state index in [2.05, 4.69) is 17.2 Å². The lowest BCUT2D eigenvalue weighted by Crippen LogP contribution is -2.00. The van der Waals surface area contributed by atoms with Crippen LogP contribution in [0.3, 0.4) is 0 Å². The third-order valence-electron chi connectivity index (χ3n) is 2.48. The highest BCUT2D eigenvalue weighted by Gasteiger charge is 2.08. The van der Waals surface area contributed by atoms with E-state index in [0.29, 0.717) is 28.9 Å². The van der Waals surface area contributed by atoms with Gasteiger partial charge in [-0.3, -0.25) is 0 Å². The summed E-state index contributed by atoms with van der Waals surface area (Å²) in [4.78, 5) is 0.531. The Labute approximate surface area is 121 Å². The number of alkyl halides is 2. The Bertz CT molecular complexity index is 603. The van der Waals surface area contributed by atoms with Crippen molar-refractivity contribution in [3.8, 4) is 11.8 Å². The lowest BCUT2D eigenvalue weighted by molar-refractivity contribution is 0.252. The quantitative estimate of drug-likeness (QED) is 0.658. The van der Waals surface area contributed by atoms with Gasteiger partial charge in [-0.05, 0) is 24.3 Å². The molecule has 0 saturated carbocycles. The van der Waals surface area contributed by atoms with Gasteiger partial charge in [0.15, 0.2) is 0 Å². The van der Waals surface area contributed by atoms with E-state index in [1.807, 2.05) is 36.4 Å². The van der Waals surface area contributed by atoms with Gasteiger partial charge in [0.1, 0.15) is 0 Å². The van der Waals surface area contributed by atoms with Gasteiger partial charge in [-0.1, -0.05) is 53.9 Å². The molecule has 1 nitrogen and oxygen atoms in total. The van der Waals surface area contributed by atoms with Gasteiger partial charge in [0.25, 0.3) is 5.76 Å². The third-order valence-corrected chi connectivity index (χ3v) is 3.26. The number of halogens is 2. The van der Waals surface area contributed by atoms with E-state index >= 15 is 0 Å². The van der Waals surface area contributed by atoms with Crippen LogP contribution in [0.15, 0.2) is 59.5 Å². The maximum Gasteiger partial charge on any atom is 0.288 e. The second-order valence-electron chi connectivity index (χ2n) is 3.90. The molecule has 102 valence electrons. The third kappa shape index (κ3) is 4.60. The highest BCUT2D eigenvalue weighted by molar-refractivity contribution is 7.99. The first-order chi connectivity index (χ1) is 9.75. The minimum absolute atomic E-state index is 0.412. The lowest BCUT2D eigenvalue weighted by Gasteiger charge is -2.08. The minimum atomic E-state index is -2.42. The number of thioether (sulfide) groups is 1. The second-order valence-corrected chi connectivity index (χ2v) is 4.93. The molecule has 0 bridgehead atoms. The van der Waals surface area contributed by atoms with E-state index in [4.69, 9.17) is 0 Å². The first-order valence-electron chi connectivity index (χ1n) is 6.07. The lowest BCUT2D eigenvalue weighted by atomic mass is 10.2. The summed E-state index contributed by atoms with van der Waals surface area (Å²) in [5.74, 6) is 3.56. The molecule has 0 fully saturated rings. The van der Waals surface area contributed by atoms with Crippen LogP contribution >= 0.6 is 11.8 Å². The summed E-state index contributed by atoms with van der Waals surface area (Å²) in [5, 5.41) is 3.06. The molecule has 0 atom stereocenters. The van der Waals surface area contributed by atoms with E-state index in [-0.39, 0.29) is 0 Å². The van der Waals surface area contributed by atoms with Crippen molar-refractivity contribution in [2.24, 2.45) is 0 Å². The van der Waals surface area contributed by atoms with Gasteiger partial charge in [-0.2, -0.15) is 8.78 Å². The Morgan fingerprint density at radius 2 is 1.70 bits per heavy atom. The SMILES string of the molecule is FC(F)Sc1ccccc1NCC#Cc1ccccc1. The average molecular weight is 289 g/mol. The van der Waals surface area contributed by atoms with Crippen LogP contribution < -0.4 is 5.32 Å². The molecule has 1 N–H and O–H groups in total. The van der Waals surface area contributed by atoms with Crippen molar-refractivity contribution in [3.63, 3.8) is 0 Å². The van der Waals surface area contributed by atoms with Gasteiger partial charge >= 0.3 is 0 Å². The number of anilines is 1. The average Bonchev–Trinajstić information content (AvgIpc) is 2.46.